The van der Waals surface area contributed by atoms with E-state index in [9.17, 15) is 0 Å². The fraction of sp³-hybridized carbons (Fsp3) is 0. The lowest BCUT2D eigenvalue weighted by Crippen LogP contribution is -1.71. The van der Waals surface area contributed by atoms with E-state index in [0.29, 0.717) is 0 Å². The van der Waals surface area contributed by atoms with Crippen molar-refractivity contribution in [1.82, 2.24) is 4.37 Å². The zero-order chi connectivity index (χ0) is 5.98. The molecule has 1 aromatic heterocycles. The third-order valence-corrected chi connectivity index (χ3v) is 1.36. The molecule has 1 rings (SSSR count). The number of aromatic nitrogens is 1. The SMILES string of the molecule is [CH2]C(=C)c1ccsn1. The first-order chi connectivity index (χ1) is 3.80. The van der Waals surface area contributed by atoms with E-state index in [1.54, 1.807) is 0 Å². The number of hydrogen-bond acceptors (Lipinski definition) is 2. The maximum atomic E-state index is 4.00. The highest BCUT2D eigenvalue weighted by Crippen LogP contribution is 2.08. The minimum atomic E-state index is 0.784. The molecule has 0 fully saturated rings. The monoisotopic (exact) mass is 124 g/mol. The highest BCUT2D eigenvalue weighted by Gasteiger charge is 1.90. The molecule has 0 saturated carbocycles. The quantitative estimate of drug-likeness (QED) is 0.558. The van der Waals surface area contributed by atoms with Crippen LogP contribution in [0.3, 0.4) is 0 Å². The van der Waals surface area contributed by atoms with Crippen LogP contribution in [0, 0.1) is 6.92 Å². The molecule has 1 heterocycles. The summed E-state index contributed by atoms with van der Waals surface area (Å²) >= 11 is 1.42. The predicted molar refractivity (Wildman–Crippen MR) is 36.5 cm³/mol. The summed E-state index contributed by atoms with van der Waals surface area (Å²) in [5.74, 6) is 0. The molecule has 1 nitrogen and oxygen atoms in total. The van der Waals surface area contributed by atoms with Gasteiger partial charge in [0.25, 0.3) is 0 Å². The normalized spacial score (nSPS) is 9.12. The molecule has 0 saturated heterocycles. The van der Waals surface area contributed by atoms with Gasteiger partial charge in [-0.1, -0.05) is 6.58 Å². The molecule has 8 heavy (non-hydrogen) atoms. The second-order valence-corrected chi connectivity index (χ2v) is 2.15. The average molecular weight is 124 g/mol. The van der Waals surface area contributed by atoms with Crippen LogP contribution in [0.1, 0.15) is 5.69 Å². The Kier molecular flexibility index (Phi) is 1.44. The predicted octanol–water partition coefficient (Wildman–Crippen LogP) is 1.99. The molecular weight excluding hydrogens is 118 g/mol. The molecule has 41 valence electrons. The van der Waals surface area contributed by atoms with Crippen molar-refractivity contribution in [1.29, 1.82) is 0 Å². The fourth-order valence-electron chi connectivity index (χ4n) is 0.395. The standard InChI is InChI=1S/C6H6NS/c1-5(2)6-3-4-8-7-6/h3-4H,1-2H2. The Hall–Kier alpha value is -0.630. The average Bonchev–Trinajstić information content (AvgIpc) is 2.12. The molecule has 1 aromatic rings. The lowest BCUT2D eigenvalue weighted by Gasteiger charge is -1.84. The Balaban J connectivity index is 2.93. The van der Waals surface area contributed by atoms with Gasteiger partial charge in [0.2, 0.25) is 0 Å². The first-order valence-corrected chi connectivity index (χ1v) is 3.06. The van der Waals surface area contributed by atoms with E-state index in [1.807, 2.05) is 11.4 Å². The molecule has 0 unspecified atom stereocenters. The van der Waals surface area contributed by atoms with Crippen LogP contribution in [0.2, 0.25) is 0 Å². The van der Waals surface area contributed by atoms with Crippen molar-refractivity contribution in [2.45, 2.75) is 0 Å². The molecule has 0 bridgehead atoms. The molecule has 0 aliphatic heterocycles. The largest absolute Gasteiger partial charge is 0.193 e. The Morgan fingerprint density at radius 2 is 2.50 bits per heavy atom. The molecule has 0 N–H and O–H groups in total. The van der Waals surface area contributed by atoms with Crippen LogP contribution < -0.4 is 0 Å². The molecule has 2 heteroatoms. The second kappa shape index (κ2) is 2.09. The molecule has 0 spiro atoms. The summed E-state index contributed by atoms with van der Waals surface area (Å²) < 4.78 is 4.00. The zero-order valence-electron chi connectivity index (χ0n) is 4.42. The third kappa shape index (κ3) is 0.954. The highest BCUT2D eigenvalue weighted by atomic mass is 32.1. The molecule has 0 aliphatic carbocycles. The van der Waals surface area contributed by atoms with Gasteiger partial charge in [-0.25, -0.2) is 0 Å². The van der Waals surface area contributed by atoms with E-state index in [2.05, 4.69) is 17.9 Å². The summed E-state index contributed by atoms with van der Waals surface area (Å²) in [6.45, 7) is 7.26. The summed E-state index contributed by atoms with van der Waals surface area (Å²) in [6.07, 6.45) is 0. The molecule has 1 radical (unpaired) electrons. The third-order valence-electron chi connectivity index (χ3n) is 0.800. The maximum Gasteiger partial charge on any atom is 0.0794 e. The van der Waals surface area contributed by atoms with Crippen molar-refractivity contribution < 1.29 is 0 Å². The Morgan fingerprint density at radius 3 is 2.75 bits per heavy atom. The summed E-state index contributed by atoms with van der Waals surface area (Å²) in [5, 5.41) is 1.91. The maximum absolute atomic E-state index is 4.00. The summed E-state index contributed by atoms with van der Waals surface area (Å²) in [4.78, 5) is 0. The van der Waals surface area contributed by atoms with Crippen molar-refractivity contribution in [3.8, 4) is 0 Å². The Morgan fingerprint density at radius 1 is 1.75 bits per heavy atom. The van der Waals surface area contributed by atoms with Gasteiger partial charge in [0.1, 0.15) is 0 Å². The van der Waals surface area contributed by atoms with E-state index in [4.69, 9.17) is 0 Å². The first kappa shape index (κ1) is 5.51. The van der Waals surface area contributed by atoms with Crippen molar-refractivity contribution in [3.05, 3.63) is 30.6 Å². The lowest BCUT2D eigenvalue weighted by atomic mass is 10.3. The van der Waals surface area contributed by atoms with Gasteiger partial charge >= 0.3 is 0 Å². The van der Waals surface area contributed by atoms with Gasteiger partial charge in [0.05, 0.1) is 5.69 Å². The van der Waals surface area contributed by atoms with Crippen LogP contribution >= 0.6 is 11.5 Å². The van der Waals surface area contributed by atoms with Crippen molar-refractivity contribution in [3.63, 3.8) is 0 Å². The van der Waals surface area contributed by atoms with Crippen LogP contribution in [-0.4, -0.2) is 4.37 Å². The second-order valence-electron chi connectivity index (χ2n) is 1.49. The minimum absolute atomic E-state index is 0.784. The molecule has 0 amide bonds. The van der Waals surface area contributed by atoms with Crippen molar-refractivity contribution in [2.75, 3.05) is 0 Å². The Labute approximate surface area is 52.8 Å². The van der Waals surface area contributed by atoms with Crippen LogP contribution in [0.15, 0.2) is 18.0 Å². The van der Waals surface area contributed by atoms with E-state index in [-0.39, 0.29) is 0 Å². The number of nitrogens with zero attached hydrogens (tertiary/aromatic N) is 1. The first-order valence-electron chi connectivity index (χ1n) is 2.22. The number of allylic oxidation sites excluding steroid dienone is 1. The zero-order valence-corrected chi connectivity index (χ0v) is 5.24. The highest BCUT2D eigenvalue weighted by molar-refractivity contribution is 7.03. The smallest absolute Gasteiger partial charge is 0.0794 e. The topological polar surface area (TPSA) is 12.9 Å². The summed E-state index contributed by atoms with van der Waals surface area (Å²) in [5.41, 5.74) is 1.68. The van der Waals surface area contributed by atoms with Crippen LogP contribution in [-0.2, 0) is 0 Å². The van der Waals surface area contributed by atoms with E-state index >= 15 is 0 Å². The molecule has 0 atom stereocenters. The summed E-state index contributed by atoms with van der Waals surface area (Å²) in [7, 11) is 0. The van der Waals surface area contributed by atoms with Gasteiger partial charge in [0, 0.05) is 5.38 Å². The summed E-state index contributed by atoms with van der Waals surface area (Å²) in [6, 6.07) is 1.90. The minimum Gasteiger partial charge on any atom is -0.193 e. The van der Waals surface area contributed by atoms with Gasteiger partial charge in [-0.15, -0.1) is 0 Å². The van der Waals surface area contributed by atoms with Gasteiger partial charge in [-0.05, 0) is 30.1 Å². The molecule has 0 aromatic carbocycles. The van der Waals surface area contributed by atoms with Gasteiger partial charge in [0.15, 0.2) is 0 Å². The fourth-order valence-corrected chi connectivity index (χ4v) is 0.949. The number of hydrogen-bond donors (Lipinski definition) is 0. The molecular formula is C6H6NS. The van der Waals surface area contributed by atoms with Gasteiger partial charge < -0.3 is 0 Å². The van der Waals surface area contributed by atoms with E-state index in [1.165, 1.54) is 11.5 Å². The van der Waals surface area contributed by atoms with Crippen molar-refractivity contribution >= 4 is 17.1 Å². The van der Waals surface area contributed by atoms with Crippen LogP contribution in [0.25, 0.3) is 5.57 Å². The van der Waals surface area contributed by atoms with Crippen molar-refractivity contribution in [2.24, 2.45) is 0 Å². The van der Waals surface area contributed by atoms with Gasteiger partial charge in [-0.3, -0.25) is 0 Å². The van der Waals surface area contributed by atoms with Crippen LogP contribution in [0.4, 0.5) is 0 Å². The Bertz CT molecular complexity index is 176. The van der Waals surface area contributed by atoms with E-state index < -0.39 is 0 Å². The van der Waals surface area contributed by atoms with E-state index in [0.717, 1.165) is 11.3 Å². The number of rotatable bonds is 1. The van der Waals surface area contributed by atoms with Gasteiger partial charge in [-0.2, -0.15) is 4.37 Å². The van der Waals surface area contributed by atoms with Crippen LogP contribution in [0.5, 0.6) is 0 Å². The molecule has 0 aliphatic rings. The lowest BCUT2D eigenvalue weighted by molar-refractivity contribution is 1.49.